The van der Waals surface area contributed by atoms with Gasteiger partial charge in [0.2, 0.25) is 10.0 Å². The summed E-state index contributed by atoms with van der Waals surface area (Å²) in [4.78, 5) is 0.0287. The largest absolute Gasteiger partial charge is 0.434 e. The molecule has 0 aliphatic heterocycles. The Hall–Kier alpha value is -1.70. The Morgan fingerprint density at radius 1 is 1.09 bits per heavy atom. The molecule has 124 valence electrons. The lowest BCUT2D eigenvalue weighted by molar-refractivity contribution is -0.0506. The third-order valence-electron chi connectivity index (χ3n) is 3.06. The fourth-order valence-electron chi connectivity index (χ4n) is 2.02. The van der Waals surface area contributed by atoms with E-state index in [2.05, 4.69) is 9.46 Å². The van der Waals surface area contributed by atoms with Crippen molar-refractivity contribution in [3.05, 3.63) is 59.1 Å². The van der Waals surface area contributed by atoms with Crippen LogP contribution in [0.1, 0.15) is 18.5 Å². The van der Waals surface area contributed by atoms with Crippen LogP contribution in [0.5, 0.6) is 5.75 Å². The zero-order valence-electron chi connectivity index (χ0n) is 12.0. The molecule has 0 heterocycles. The number of nitrogens with one attached hydrogen (secondary N) is 1. The predicted octanol–water partition coefficient (Wildman–Crippen LogP) is 3.98. The van der Waals surface area contributed by atoms with E-state index in [4.69, 9.17) is 11.6 Å². The third kappa shape index (κ3) is 4.63. The van der Waals surface area contributed by atoms with Crippen molar-refractivity contribution in [2.45, 2.75) is 24.5 Å². The lowest BCUT2D eigenvalue weighted by Crippen LogP contribution is -2.27. The second-order valence-corrected chi connectivity index (χ2v) is 6.86. The Morgan fingerprint density at radius 2 is 1.70 bits per heavy atom. The van der Waals surface area contributed by atoms with Gasteiger partial charge in [0.05, 0.1) is 4.90 Å². The smallest absolute Gasteiger partial charge is 0.387 e. The van der Waals surface area contributed by atoms with Crippen LogP contribution in [0.4, 0.5) is 8.78 Å². The number of ether oxygens (including phenoxy) is 1. The quantitative estimate of drug-likeness (QED) is 0.846. The molecule has 0 saturated carbocycles. The maximum Gasteiger partial charge on any atom is 0.387 e. The summed E-state index contributed by atoms with van der Waals surface area (Å²) >= 11 is 5.73. The number of halogens is 3. The van der Waals surface area contributed by atoms with Crippen LogP contribution >= 0.6 is 11.6 Å². The molecule has 4 nitrogen and oxygen atoms in total. The van der Waals surface area contributed by atoms with Gasteiger partial charge < -0.3 is 4.74 Å². The van der Waals surface area contributed by atoms with E-state index in [-0.39, 0.29) is 10.6 Å². The highest BCUT2D eigenvalue weighted by Crippen LogP contribution is 2.27. The minimum Gasteiger partial charge on any atom is -0.434 e. The highest BCUT2D eigenvalue weighted by molar-refractivity contribution is 7.89. The molecule has 0 saturated heterocycles. The van der Waals surface area contributed by atoms with Gasteiger partial charge in [-0.2, -0.15) is 8.78 Å². The molecule has 0 spiro atoms. The van der Waals surface area contributed by atoms with E-state index < -0.39 is 22.7 Å². The molecule has 0 fully saturated rings. The second-order valence-electron chi connectivity index (χ2n) is 4.71. The van der Waals surface area contributed by atoms with Crippen molar-refractivity contribution in [2.75, 3.05) is 0 Å². The molecule has 0 bridgehead atoms. The van der Waals surface area contributed by atoms with Gasteiger partial charge in [0, 0.05) is 16.6 Å². The summed E-state index contributed by atoms with van der Waals surface area (Å²) < 4.78 is 56.3. The van der Waals surface area contributed by atoms with Gasteiger partial charge in [-0.25, -0.2) is 13.1 Å². The van der Waals surface area contributed by atoms with Crippen LogP contribution in [0, 0.1) is 0 Å². The molecular formula is C15H14ClF2NO3S. The van der Waals surface area contributed by atoms with Gasteiger partial charge in [0.1, 0.15) is 5.75 Å². The summed E-state index contributed by atoms with van der Waals surface area (Å²) in [5, 5.41) is 0.410. The zero-order chi connectivity index (χ0) is 17.0. The van der Waals surface area contributed by atoms with E-state index in [1.54, 1.807) is 13.0 Å². The van der Waals surface area contributed by atoms with E-state index in [1.807, 2.05) is 0 Å². The van der Waals surface area contributed by atoms with E-state index in [0.29, 0.717) is 10.6 Å². The number of rotatable bonds is 6. The average molecular weight is 362 g/mol. The summed E-state index contributed by atoms with van der Waals surface area (Å²) in [5.41, 5.74) is 0.310. The number of alkyl halides is 2. The summed E-state index contributed by atoms with van der Waals surface area (Å²) in [5.74, 6) is -0.0752. The molecular weight excluding hydrogens is 348 g/mol. The molecule has 0 radical (unpaired) electrons. The molecule has 8 heteroatoms. The SMILES string of the molecule is CC(NS(=O)(=O)c1ccc(Cl)cc1)c1ccccc1OC(F)F. The first-order valence-electron chi connectivity index (χ1n) is 6.61. The molecule has 2 aromatic rings. The van der Waals surface area contributed by atoms with Crippen LogP contribution in [0.2, 0.25) is 5.02 Å². The van der Waals surface area contributed by atoms with Crippen LogP contribution in [-0.4, -0.2) is 15.0 Å². The van der Waals surface area contributed by atoms with E-state index >= 15 is 0 Å². The van der Waals surface area contributed by atoms with Gasteiger partial charge in [0.25, 0.3) is 0 Å². The first-order valence-corrected chi connectivity index (χ1v) is 8.47. The number of benzene rings is 2. The Morgan fingerprint density at radius 3 is 2.30 bits per heavy atom. The normalized spacial score (nSPS) is 13.1. The zero-order valence-corrected chi connectivity index (χ0v) is 13.6. The summed E-state index contributed by atoms with van der Waals surface area (Å²) in [6.07, 6.45) is 0. The van der Waals surface area contributed by atoms with Crippen LogP contribution in [0.15, 0.2) is 53.4 Å². The second kappa shape index (κ2) is 7.25. The van der Waals surface area contributed by atoms with E-state index in [9.17, 15) is 17.2 Å². The molecule has 0 amide bonds. The lowest BCUT2D eigenvalue weighted by atomic mass is 10.1. The van der Waals surface area contributed by atoms with Crippen molar-refractivity contribution in [3.8, 4) is 5.75 Å². The Labute approximate surface area is 138 Å². The van der Waals surface area contributed by atoms with Gasteiger partial charge in [-0.05, 0) is 37.3 Å². The summed E-state index contributed by atoms with van der Waals surface area (Å²) in [7, 11) is -3.82. The van der Waals surface area contributed by atoms with Crippen molar-refractivity contribution >= 4 is 21.6 Å². The first-order chi connectivity index (χ1) is 10.8. The standard InChI is InChI=1S/C15H14ClF2NO3S/c1-10(13-4-2-3-5-14(13)22-15(17)18)19-23(20,21)12-8-6-11(16)7-9-12/h2-10,15,19H,1H3. The number of sulfonamides is 1. The minimum atomic E-state index is -3.82. The Bertz CT molecular complexity index is 767. The van der Waals surface area contributed by atoms with E-state index in [0.717, 1.165) is 0 Å². The Balaban J connectivity index is 2.24. The monoisotopic (exact) mass is 361 g/mol. The van der Waals surface area contributed by atoms with Crippen molar-refractivity contribution in [3.63, 3.8) is 0 Å². The van der Waals surface area contributed by atoms with E-state index in [1.165, 1.54) is 42.5 Å². The lowest BCUT2D eigenvalue weighted by Gasteiger charge is -2.18. The third-order valence-corrected chi connectivity index (χ3v) is 4.87. The van der Waals surface area contributed by atoms with Gasteiger partial charge >= 0.3 is 6.61 Å². The van der Waals surface area contributed by atoms with Crippen LogP contribution < -0.4 is 9.46 Å². The average Bonchev–Trinajstić information content (AvgIpc) is 2.47. The molecule has 2 rings (SSSR count). The highest BCUT2D eigenvalue weighted by Gasteiger charge is 2.21. The van der Waals surface area contributed by atoms with Gasteiger partial charge in [-0.3, -0.25) is 0 Å². The highest BCUT2D eigenvalue weighted by atomic mass is 35.5. The van der Waals surface area contributed by atoms with Crippen molar-refractivity contribution in [2.24, 2.45) is 0 Å². The number of hydrogen-bond donors (Lipinski definition) is 1. The van der Waals surface area contributed by atoms with Gasteiger partial charge in [-0.15, -0.1) is 0 Å². The maximum atomic E-state index is 12.4. The van der Waals surface area contributed by atoms with Crippen LogP contribution in [0.3, 0.4) is 0 Å². The van der Waals surface area contributed by atoms with Gasteiger partial charge in [-0.1, -0.05) is 29.8 Å². The summed E-state index contributed by atoms with van der Waals surface area (Å²) in [6, 6.07) is 10.9. The summed E-state index contributed by atoms with van der Waals surface area (Å²) in [6.45, 7) is -1.45. The molecule has 1 N–H and O–H groups in total. The van der Waals surface area contributed by atoms with Gasteiger partial charge in [0.15, 0.2) is 0 Å². The van der Waals surface area contributed by atoms with Crippen LogP contribution in [-0.2, 0) is 10.0 Å². The minimum absolute atomic E-state index is 0.0287. The van der Waals surface area contributed by atoms with Crippen LogP contribution in [0.25, 0.3) is 0 Å². The van der Waals surface area contributed by atoms with Crippen molar-refractivity contribution in [1.82, 2.24) is 4.72 Å². The molecule has 23 heavy (non-hydrogen) atoms. The number of para-hydroxylation sites is 1. The van der Waals surface area contributed by atoms with Crippen molar-refractivity contribution < 1.29 is 21.9 Å². The molecule has 0 aliphatic rings. The molecule has 0 aliphatic carbocycles. The topological polar surface area (TPSA) is 55.4 Å². The first kappa shape index (κ1) is 17.7. The van der Waals surface area contributed by atoms with Crippen molar-refractivity contribution in [1.29, 1.82) is 0 Å². The Kier molecular flexibility index (Phi) is 5.56. The fraction of sp³-hybridized carbons (Fsp3) is 0.200. The number of hydrogen-bond acceptors (Lipinski definition) is 3. The molecule has 1 atom stereocenters. The predicted molar refractivity (Wildman–Crippen MR) is 83.3 cm³/mol. The fourth-order valence-corrected chi connectivity index (χ4v) is 3.37. The molecule has 1 unspecified atom stereocenters. The molecule has 2 aromatic carbocycles. The maximum absolute atomic E-state index is 12.4. The molecule has 0 aromatic heterocycles.